The van der Waals surface area contributed by atoms with Gasteiger partial charge in [-0.3, -0.25) is 9.58 Å². The maximum atomic E-state index is 10.9. The van der Waals surface area contributed by atoms with Crippen LogP contribution in [-0.2, 0) is 12.0 Å². The Labute approximate surface area is 146 Å². The molecular formula is C17H24N4O2S. The standard InChI is InChI=1S/C17H24N4O2S/c1-17(2,3)16-18-10-13(24-16)11-20-7-4-12(5-8-20)21-9-6-14(19-21)15(22)23/h6,9-10,12H,4-5,7-8,11H2,1-3H3,(H,22,23). The average Bonchev–Trinajstić information content (AvgIpc) is 3.16. The molecule has 1 fully saturated rings. The number of aromatic nitrogens is 3. The van der Waals surface area contributed by atoms with E-state index < -0.39 is 5.97 Å². The number of likely N-dealkylation sites (tertiary alicyclic amines) is 1. The lowest BCUT2D eigenvalue weighted by molar-refractivity contribution is 0.0688. The van der Waals surface area contributed by atoms with Gasteiger partial charge >= 0.3 is 5.97 Å². The van der Waals surface area contributed by atoms with Crippen LogP contribution >= 0.6 is 11.3 Å². The minimum Gasteiger partial charge on any atom is -0.476 e. The van der Waals surface area contributed by atoms with Gasteiger partial charge in [-0.1, -0.05) is 20.8 Å². The van der Waals surface area contributed by atoms with Gasteiger partial charge in [0.2, 0.25) is 0 Å². The topological polar surface area (TPSA) is 71.2 Å². The van der Waals surface area contributed by atoms with Gasteiger partial charge in [-0.25, -0.2) is 9.78 Å². The molecule has 0 saturated carbocycles. The zero-order valence-electron chi connectivity index (χ0n) is 14.4. The Morgan fingerprint density at radius 2 is 2.08 bits per heavy atom. The van der Waals surface area contributed by atoms with Crippen molar-refractivity contribution in [2.24, 2.45) is 0 Å². The maximum absolute atomic E-state index is 10.9. The molecule has 2 aromatic heterocycles. The molecular weight excluding hydrogens is 324 g/mol. The lowest BCUT2D eigenvalue weighted by Gasteiger charge is -2.31. The summed E-state index contributed by atoms with van der Waals surface area (Å²) in [7, 11) is 0. The summed E-state index contributed by atoms with van der Waals surface area (Å²) in [5, 5.41) is 14.3. The van der Waals surface area contributed by atoms with Gasteiger partial charge < -0.3 is 5.11 Å². The molecule has 7 heteroatoms. The molecule has 1 aliphatic rings. The van der Waals surface area contributed by atoms with E-state index in [1.54, 1.807) is 23.6 Å². The van der Waals surface area contributed by atoms with E-state index >= 15 is 0 Å². The Hall–Kier alpha value is -1.73. The molecule has 2 aromatic rings. The fourth-order valence-electron chi connectivity index (χ4n) is 2.95. The van der Waals surface area contributed by atoms with Crippen LogP contribution in [0.25, 0.3) is 0 Å². The number of aromatic carboxylic acids is 1. The van der Waals surface area contributed by atoms with Crippen molar-refractivity contribution in [2.45, 2.75) is 51.6 Å². The summed E-state index contributed by atoms with van der Waals surface area (Å²) in [6, 6.07) is 1.86. The summed E-state index contributed by atoms with van der Waals surface area (Å²) >= 11 is 1.80. The van der Waals surface area contributed by atoms with Crippen molar-refractivity contribution in [2.75, 3.05) is 13.1 Å². The Kier molecular flexibility index (Phi) is 4.73. The number of piperidine rings is 1. The normalized spacial score (nSPS) is 17.3. The fourth-order valence-corrected chi connectivity index (χ4v) is 3.96. The molecule has 0 atom stereocenters. The molecule has 0 aliphatic carbocycles. The first-order valence-electron chi connectivity index (χ1n) is 8.29. The van der Waals surface area contributed by atoms with E-state index in [-0.39, 0.29) is 11.1 Å². The predicted octanol–water partition coefficient (Wildman–Crippen LogP) is 3.17. The Balaban J connectivity index is 1.55. The van der Waals surface area contributed by atoms with E-state index in [9.17, 15) is 4.79 Å². The molecule has 6 nitrogen and oxygen atoms in total. The second-order valence-electron chi connectivity index (χ2n) is 7.38. The predicted molar refractivity (Wildman–Crippen MR) is 93.5 cm³/mol. The summed E-state index contributed by atoms with van der Waals surface area (Å²) in [6.45, 7) is 9.51. The fraction of sp³-hybridized carbons (Fsp3) is 0.588. The van der Waals surface area contributed by atoms with Crippen molar-refractivity contribution >= 4 is 17.3 Å². The van der Waals surface area contributed by atoms with E-state index in [0.717, 1.165) is 32.5 Å². The monoisotopic (exact) mass is 348 g/mol. The number of hydrogen-bond acceptors (Lipinski definition) is 5. The highest BCUT2D eigenvalue weighted by molar-refractivity contribution is 7.11. The largest absolute Gasteiger partial charge is 0.476 e. The highest BCUT2D eigenvalue weighted by Crippen LogP contribution is 2.29. The van der Waals surface area contributed by atoms with Crippen LogP contribution in [0.2, 0.25) is 0 Å². The number of carbonyl (C=O) groups is 1. The number of nitrogens with zero attached hydrogens (tertiary/aromatic N) is 4. The van der Waals surface area contributed by atoms with Crippen molar-refractivity contribution in [1.29, 1.82) is 0 Å². The molecule has 24 heavy (non-hydrogen) atoms. The number of carboxylic acid groups (broad SMARTS) is 1. The van der Waals surface area contributed by atoms with Crippen LogP contribution < -0.4 is 0 Å². The third-order valence-corrected chi connectivity index (χ3v) is 5.74. The SMILES string of the molecule is CC(C)(C)c1ncc(CN2CCC(n3ccc(C(=O)O)n3)CC2)s1. The minimum atomic E-state index is -0.967. The van der Waals surface area contributed by atoms with Crippen molar-refractivity contribution in [1.82, 2.24) is 19.7 Å². The summed E-state index contributed by atoms with van der Waals surface area (Å²) < 4.78 is 1.81. The van der Waals surface area contributed by atoms with Gasteiger partial charge in [0.1, 0.15) is 0 Å². The molecule has 0 amide bonds. The van der Waals surface area contributed by atoms with Crippen LogP contribution in [-0.4, -0.2) is 43.8 Å². The molecule has 0 spiro atoms. The minimum absolute atomic E-state index is 0.109. The van der Waals surface area contributed by atoms with Gasteiger partial charge in [0.05, 0.1) is 11.0 Å². The molecule has 0 aromatic carbocycles. The zero-order chi connectivity index (χ0) is 17.3. The molecule has 3 rings (SSSR count). The van der Waals surface area contributed by atoms with Crippen LogP contribution in [0.3, 0.4) is 0 Å². The third kappa shape index (κ3) is 3.84. The van der Waals surface area contributed by atoms with Crippen LogP contribution in [0.15, 0.2) is 18.5 Å². The number of hydrogen-bond donors (Lipinski definition) is 1. The van der Waals surface area contributed by atoms with Crippen molar-refractivity contribution in [3.63, 3.8) is 0 Å². The van der Waals surface area contributed by atoms with Gasteiger partial charge in [0.25, 0.3) is 0 Å². The Morgan fingerprint density at radius 1 is 1.38 bits per heavy atom. The van der Waals surface area contributed by atoms with Crippen LogP contribution in [0.1, 0.15) is 60.0 Å². The number of thiazole rings is 1. The molecule has 1 N–H and O–H groups in total. The molecule has 1 saturated heterocycles. The molecule has 0 bridgehead atoms. The molecule has 0 radical (unpaired) electrons. The van der Waals surface area contributed by atoms with E-state index in [1.165, 1.54) is 9.88 Å². The zero-order valence-corrected chi connectivity index (χ0v) is 15.2. The van der Waals surface area contributed by atoms with Gasteiger partial charge in [-0.05, 0) is 18.9 Å². The first-order chi connectivity index (χ1) is 11.3. The van der Waals surface area contributed by atoms with Gasteiger partial charge in [0, 0.05) is 42.3 Å². The van der Waals surface area contributed by atoms with Crippen LogP contribution in [0, 0.1) is 0 Å². The first kappa shape index (κ1) is 17.1. The maximum Gasteiger partial charge on any atom is 0.356 e. The highest BCUT2D eigenvalue weighted by atomic mass is 32.1. The van der Waals surface area contributed by atoms with E-state index in [1.807, 2.05) is 10.9 Å². The molecule has 130 valence electrons. The second kappa shape index (κ2) is 6.64. The van der Waals surface area contributed by atoms with Crippen LogP contribution in [0.5, 0.6) is 0 Å². The van der Waals surface area contributed by atoms with Gasteiger partial charge in [-0.15, -0.1) is 11.3 Å². The summed E-state index contributed by atoms with van der Waals surface area (Å²) in [5.74, 6) is -0.967. The van der Waals surface area contributed by atoms with Gasteiger partial charge in [0.15, 0.2) is 5.69 Å². The van der Waals surface area contributed by atoms with E-state index in [0.29, 0.717) is 6.04 Å². The number of rotatable bonds is 4. The third-order valence-electron chi connectivity index (χ3n) is 4.33. The lowest BCUT2D eigenvalue weighted by atomic mass is 9.98. The molecule has 1 aliphatic heterocycles. The quantitative estimate of drug-likeness (QED) is 0.919. The Morgan fingerprint density at radius 3 is 2.62 bits per heavy atom. The van der Waals surface area contributed by atoms with Gasteiger partial charge in [-0.2, -0.15) is 5.10 Å². The van der Waals surface area contributed by atoms with Crippen molar-refractivity contribution in [3.05, 3.63) is 34.0 Å². The van der Waals surface area contributed by atoms with E-state index in [2.05, 4.69) is 35.8 Å². The summed E-state index contributed by atoms with van der Waals surface area (Å²) in [4.78, 5) is 19.2. The smallest absolute Gasteiger partial charge is 0.356 e. The molecule has 0 unspecified atom stereocenters. The first-order valence-corrected chi connectivity index (χ1v) is 9.10. The molecule has 3 heterocycles. The van der Waals surface area contributed by atoms with E-state index in [4.69, 9.17) is 5.11 Å². The summed E-state index contributed by atoms with van der Waals surface area (Å²) in [5.41, 5.74) is 0.231. The van der Waals surface area contributed by atoms with Crippen molar-refractivity contribution in [3.8, 4) is 0 Å². The summed E-state index contributed by atoms with van der Waals surface area (Å²) in [6.07, 6.45) is 5.77. The lowest BCUT2D eigenvalue weighted by Crippen LogP contribution is -2.34. The Bertz CT molecular complexity index is 708. The number of carboxylic acids is 1. The second-order valence-corrected chi connectivity index (χ2v) is 8.49. The highest BCUT2D eigenvalue weighted by Gasteiger charge is 2.23. The van der Waals surface area contributed by atoms with Crippen LogP contribution in [0.4, 0.5) is 0 Å². The average molecular weight is 348 g/mol. The van der Waals surface area contributed by atoms with Crippen molar-refractivity contribution < 1.29 is 9.90 Å².